The molecule has 3 rings (SSSR count). The summed E-state index contributed by atoms with van der Waals surface area (Å²) in [4.78, 5) is 22.7. The van der Waals surface area contributed by atoms with Crippen molar-refractivity contribution in [2.75, 3.05) is 0 Å². The molecule has 3 aliphatic rings. The lowest BCUT2D eigenvalue weighted by molar-refractivity contribution is -0.144. The Morgan fingerprint density at radius 2 is 2.33 bits per heavy atom. The van der Waals surface area contributed by atoms with Gasteiger partial charge in [-0.05, 0) is 24.8 Å². The molecule has 80 valence electrons. The maximum absolute atomic E-state index is 11.4. The van der Waals surface area contributed by atoms with E-state index in [4.69, 9.17) is 4.74 Å². The molecule has 4 nitrogen and oxygen atoms in total. The summed E-state index contributed by atoms with van der Waals surface area (Å²) in [6, 6.07) is 0.0169. The Bertz CT molecular complexity index is 352. The van der Waals surface area contributed by atoms with Crippen LogP contribution in [-0.4, -0.2) is 24.0 Å². The number of amides is 1. The van der Waals surface area contributed by atoms with Crippen molar-refractivity contribution in [1.29, 1.82) is 0 Å². The Labute approximate surface area is 87.7 Å². The maximum Gasteiger partial charge on any atom is 0.309 e. The smallest absolute Gasteiger partial charge is 0.309 e. The van der Waals surface area contributed by atoms with Crippen LogP contribution in [0.5, 0.6) is 0 Å². The van der Waals surface area contributed by atoms with Gasteiger partial charge in [0.05, 0.1) is 12.0 Å². The maximum atomic E-state index is 11.4. The predicted octanol–water partition coefficient (Wildman–Crippen LogP) is 0.239. The Kier molecular flexibility index (Phi) is 1.69. The SMILES string of the molecule is C=CC(=O)NC1C2CC3C(=O)OC1C3C2. The van der Waals surface area contributed by atoms with E-state index in [1.54, 1.807) is 0 Å². The number of nitrogens with one attached hydrogen (secondary N) is 1. The van der Waals surface area contributed by atoms with Crippen LogP contribution in [0, 0.1) is 17.8 Å². The van der Waals surface area contributed by atoms with Crippen molar-refractivity contribution < 1.29 is 14.3 Å². The number of fused-ring (bicyclic) bond motifs is 1. The second kappa shape index (κ2) is 2.84. The number of carbonyl (C=O) groups excluding carboxylic acids is 2. The highest BCUT2D eigenvalue weighted by Crippen LogP contribution is 2.54. The van der Waals surface area contributed by atoms with E-state index >= 15 is 0 Å². The van der Waals surface area contributed by atoms with Crippen LogP contribution in [0.3, 0.4) is 0 Å². The molecule has 1 N–H and O–H groups in total. The first-order valence-electron chi connectivity index (χ1n) is 5.34. The van der Waals surface area contributed by atoms with Crippen LogP contribution in [0.2, 0.25) is 0 Å². The molecule has 1 amide bonds. The van der Waals surface area contributed by atoms with Gasteiger partial charge in [0.1, 0.15) is 6.10 Å². The highest BCUT2D eigenvalue weighted by atomic mass is 16.6. The Balaban J connectivity index is 1.80. The molecule has 1 saturated heterocycles. The molecular formula is C11H13NO3. The standard InChI is InChI=1S/C11H13NO3/c1-2-8(13)12-9-5-3-6-7(4-5)11(14)15-10(6)9/h2,5-7,9-10H,1,3-4H2,(H,12,13). The quantitative estimate of drug-likeness (QED) is 0.521. The van der Waals surface area contributed by atoms with Gasteiger partial charge < -0.3 is 10.1 Å². The van der Waals surface area contributed by atoms with E-state index in [9.17, 15) is 9.59 Å². The summed E-state index contributed by atoms with van der Waals surface area (Å²) in [5.41, 5.74) is 0. The first kappa shape index (κ1) is 8.95. The summed E-state index contributed by atoms with van der Waals surface area (Å²) in [6.07, 6.45) is 3.08. The largest absolute Gasteiger partial charge is 0.460 e. The lowest BCUT2D eigenvalue weighted by atomic mass is 9.86. The normalized spacial score (nSPS) is 45.3. The third kappa shape index (κ3) is 1.07. The monoisotopic (exact) mass is 207 g/mol. The highest BCUT2D eigenvalue weighted by molar-refractivity contribution is 5.87. The van der Waals surface area contributed by atoms with Gasteiger partial charge in [0.15, 0.2) is 0 Å². The molecule has 0 radical (unpaired) electrons. The van der Waals surface area contributed by atoms with E-state index in [2.05, 4.69) is 11.9 Å². The molecule has 1 heterocycles. The van der Waals surface area contributed by atoms with Crippen LogP contribution in [0.4, 0.5) is 0 Å². The van der Waals surface area contributed by atoms with Gasteiger partial charge in [-0.25, -0.2) is 0 Å². The third-order valence-electron chi connectivity index (χ3n) is 3.98. The molecule has 2 saturated carbocycles. The summed E-state index contributed by atoms with van der Waals surface area (Å²) in [6.45, 7) is 3.42. The fourth-order valence-electron chi connectivity index (χ4n) is 3.38. The van der Waals surface area contributed by atoms with Gasteiger partial charge in [-0.15, -0.1) is 0 Å². The number of hydrogen-bond acceptors (Lipinski definition) is 3. The zero-order valence-corrected chi connectivity index (χ0v) is 8.31. The molecular weight excluding hydrogens is 194 g/mol. The molecule has 15 heavy (non-hydrogen) atoms. The number of hydrogen-bond donors (Lipinski definition) is 1. The van der Waals surface area contributed by atoms with Gasteiger partial charge in [-0.3, -0.25) is 9.59 Å². The van der Waals surface area contributed by atoms with E-state index in [0.29, 0.717) is 11.8 Å². The fraction of sp³-hybridized carbons (Fsp3) is 0.636. The molecule has 5 atom stereocenters. The van der Waals surface area contributed by atoms with Gasteiger partial charge in [0.25, 0.3) is 0 Å². The molecule has 4 heteroatoms. The van der Waals surface area contributed by atoms with Gasteiger partial charge >= 0.3 is 5.97 Å². The lowest BCUT2D eigenvalue weighted by Crippen LogP contribution is -2.45. The Morgan fingerprint density at radius 3 is 3.07 bits per heavy atom. The van der Waals surface area contributed by atoms with Gasteiger partial charge in [0, 0.05) is 5.92 Å². The predicted molar refractivity (Wildman–Crippen MR) is 51.7 cm³/mol. The Hall–Kier alpha value is -1.32. The first-order valence-corrected chi connectivity index (χ1v) is 5.34. The molecule has 0 aromatic heterocycles. The molecule has 0 spiro atoms. The van der Waals surface area contributed by atoms with Gasteiger partial charge in [0.2, 0.25) is 5.91 Å². The van der Waals surface area contributed by atoms with Crippen molar-refractivity contribution in [3.8, 4) is 0 Å². The van der Waals surface area contributed by atoms with Crippen LogP contribution in [0.1, 0.15) is 12.8 Å². The van der Waals surface area contributed by atoms with Crippen molar-refractivity contribution in [2.45, 2.75) is 25.0 Å². The van der Waals surface area contributed by atoms with Crippen molar-refractivity contribution in [2.24, 2.45) is 17.8 Å². The van der Waals surface area contributed by atoms with Crippen LogP contribution < -0.4 is 5.32 Å². The van der Waals surface area contributed by atoms with Gasteiger partial charge in [-0.1, -0.05) is 6.58 Å². The average molecular weight is 207 g/mol. The number of carbonyl (C=O) groups is 2. The van der Waals surface area contributed by atoms with Crippen LogP contribution in [0.15, 0.2) is 12.7 Å². The first-order chi connectivity index (χ1) is 7.20. The minimum Gasteiger partial charge on any atom is -0.460 e. The molecule has 0 aromatic carbocycles. The van der Waals surface area contributed by atoms with E-state index in [-0.39, 0.29) is 29.9 Å². The van der Waals surface area contributed by atoms with Crippen molar-refractivity contribution in [3.05, 3.63) is 12.7 Å². The zero-order chi connectivity index (χ0) is 10.6. The highest BCUT2D eigenvalue weighted by Gasteiger charge is 2.61. The summed E-state index contributed by atoms with van der Waals surface area (Å²) in [7, 11) is 0. The molecule has 5 unspecified atom stereocenters. The number of esters is 1. The molecule has 2 bridgehead atoms. The van der Waals surface area contributed by atoms with Crippen LogP contribution >= 0.6 is 0 Å². The van der Waals surface area contributed by atoms with E-state index in [1.165, 1.54) is 6.08 Å². The Morgan fingerprint density at radius 1 is 1.53 bits per heavy atom. The summed E-state index contributed by atoms with van der Waals surface area (Å²) in [5.74, 6) is 0.629. The van der Waals surface area contributed by atoms with Gasteiger partial charge in [-0.2, -0.15) is 0 Å². The number of rotatable bonds is 2. The lowest BCUT2D eigenvalue weighted by Gasteiger charge is -2.25. The summed E-state index contributed by atoms with van der Waals surface area (Å²) < 4.78 is 5.31. The zero-order valence-electron chi connectivity index (χ0n) is 8.31. The van der Waals surface area contributed by atoms with E-state index in [0.717, 1.165) is 12.8 Å². The fourth-order valence-corrected chi connectivity index (χ4v) is 3.38. The van der Waals surface area contributed by atoms with Crippen molar-refractivity contribution >= 4 is 11.9 Å². The molecule has 2 aliphatic carbocycles. The minimum atomic E-state index is -0.174. The van der Waals surface area contributed by atoms with Crippen molar-refractivity contribution in [3.63, 3.8) is 0 Å². The average Bonchev–Trinajstić information content (AvgIpc) is 2.81. The summed E-state index contributed by atoms with van der Waals surface area (Å²) >= 11 is 0. The second-order valence-corrected chi connectivity index (χ2v) is 4.64. The van der Waals surface area contributed by atoms with E-state index < -0.39 is 0 Å². The molecule has 1 aliphatic heterocycles. The van der Waals surface area contributed by atoms with Crippen LogP contribution in [-0.2, 0) is 14.3 Å². The van der Waals surface area contributed by atoms with Crippen LogP contribution in [0.25, 0.3) is 0 Å². The van der Waals surface area contributed by atoms with Crippen molar-refractivity contribution in [1.82, 2.24) is 5.32 Å². The topological polar surface area (TPSA) is 55.4 Å². The third-order valence-corrected chi connectivity index (χ3v) is 3.98. The molecule has 3 fully saturated rings. The second-order valence-electron chi connectivity index (χ2n) is 4.64. The van der Waals surface area contributed by atoms with E-state index in [1.807, 2.05) is 0 Å². The number of ether oxygens (including phenoxy) is 1. The summed E-state index contributed by atoms with van der Waals surface area (Å²) in [5, 5.41) is 2.87. The minimum absolute atomic E-state index is 0.0169. The molecule has 0 aromatic rings.